The van der Waals surface area contributed by atoms with Crippen LogP contribution in [0.3, 0.4) is 0 Å². The number of hydrogen-bond donors (Lipinski definition) is 1. The molecule has 10 rings (SSSR count). The van der Waals surface area contributed by atoms with Gasteiger partial charge < -0.3 is 5.11 Å². The zero-order valence-corrected chi connectivity index (χ0v) is 40.8. The Hall–Kier alpha value is -7.82. The van der Waals surface area contributed by atoms with E-state index in [0.29, 0.717) is 56.1 Å². The molecule has 0 aliphatic heterocycles. The van der Waals surface area contributed by atoms with Crippen molar-refractivity contribution in [1.29, 1.82) is 0 Å². The predicted molar refractivity (Wildman–Crippen MR) is 299 cm³/mol. The van der Waals surface area contributed by atoms with Crippen LogP contribution in [0.1, 0.15) is 101 Å². The molecular weight excluding hydrogens is 863 g/mol. The maximum absolute atomic E-state index is 12.5. The molecule has 0 spiro atoms. The van der Waals surface area contributed by atoms with E-state index in [2.05, 4.69) is 39.0 Å². The third-order valence-corrected chi connectivity index (χ3v) is 13.4. The minimum absolute atomic E-state index is 0.0473. The summed E-state index contributed by atoms with van der Waals surface area (Å²) in [5.41, 5.74) is 8.76. The molecule has 8 aromatic carbocycles. The number of imidazole rings is 1. The first kappa shape index (κ1) is 34.5. The van der Waals surface area contributed by atoms with Crippen LogP contribution in [-0.2, 0) is 16.2 Å². The lowest BCUT2D eigenvalue weighted by Crippen LogP contribution is -2.12. The molecule has 352 valence electrons. The Bertz CT molecular complexity index is 4000. The van der Waals surface area contributed by atoms with Crippen LogP contribution in [0.4, 0.5) is 0 Å². The van der Waals surface area contributed by atoms with E-state index in [1.54, 1.807) is 18.3 Å². The number of nitrogens with zero attached hydrogens (tertiary/aromatic N) is 3. The quantitative estimate of drug-likeness (QED) is 0.165. The van der Waals surface area contributed by atoms with Gasteiger partial charge in [-0.15, -0.1) is 0 Å². The van der Waals surface area contributed by atoms with E-state index in [1.807, 2.05) is 159 Å². The summed E-state index contributed by atoms with van der Waals surface area (Å²) >= 11 is 0. The molecule has 4 nitrogen and oxygen atoms in total. The SMILES string of the molecule is [2H]C([2H])([2H])c1cc(-n2c(-c3cccc(C(C)(C)C)c3O)nc3c(-c4cc(-c5ccccc5)cc(-c5cc(-c6ccc(C(C([2H])([2H])[2H])(C([2H])([2H])[2H])C([2H])([2H])[2H])cc6)ccn5)c4)cccc32)c(-c2ccccc2)cc1-c1ccc(C(C)(C)C)cc1. The van der Waals surface area contributed by atoms with Crippen LogP contribution in [-0.4, -0.2) is 19.6 Å². The van der Waals surface area contributed by atoms with Crippen molar-refractivity contribution in [3.05, 3.63) is 217 Å². The van der Waals surface area contributed by atoms with Crippen molar-refractivity contribution in [2.45, 2.75) is 85.2 Å². The highest BCUT2D eigenvalue weighted by Gasteiger charge is 2.27. The highest BCUT2D eigenvalue weighted by Crippen LogP contribution is 2.45. The van der Waals surface area contributed by atoms with Gasteiger partial charge in [-0.05, 0) is 144 Å². The molecule has 0 saturated heterocycles. The number of aryl methyl sites for hydroxylation is 1. The van der Waals surface area contributed by atoms with Gasteiger partial charge in [-0.1, -0.05) is 196 Å². The van der Waals surface area contributed by atoms with Crippen LogP contribution in [0.2, 0.25) is 0 Å². The average molecular weight is 938 g/mol. The first-order chi connectivity index (χ1) is 38.9. The molecule has 4 heteroatoms. The predicted octanol–water partition coefficient (Wildman–Crippen LogP) is 18.0. The lowest BCUT2D eigenvalue weighted by molar-refractivity contribution is 0.448. The van der Waals surface area contributed by atoms with Crippen LogP contribution in [0, 0.1) is 6.85 Å². The number of aromatic nitrogens is 3. The van der Waals surface area contributed by atoms with Gasteiger partial charge in [-0.3, -0.25) is 9.55 Å². The molecule has 0 atom stereocenters. The van der Waals surface area contributed by atoms with Gasteiger partial charge in [0.1, 0.15) is 11.6 Å². The Morgan fingerprint density at radius 1 is 0.451 bits per heavy atom. The standard InChI is InChI=1S/C67H63N3O/c1-43-37-61(57(46-21-15-12-16-22-46)42-56(43)47-29-33-53(34-30-47)66(5,6)7)70-60-26-18-23-54(62(60)69-64(70)55-24-17-25-58(63(55)71)67(8,9)10)50-38-49(44-19-13-11-14-20-44)39-51(40-50)59-41-48(35-36-68-59)45-27-31-52(32-28-45)65(2,3)4/h11-42,71H,1-10H3/i1D3,2D3,3D3,4D3. The Balaban J connectivity index is 1.22. The first-order valence-electron chi connectivity index (χ1n) is 29.9. The summed E-state index contributed by atoms with van der Waals surface area (Å²) in [5, 5.41) is 12.5. The molecular formula is C67H63N3O. The van der Waals surface area contributed by atoms with Crippen molar-refractivity contribution in [3.63, 3.8) is 0 Å². The molecule has 0 saturated carbocycles. The van der Waals surface area contributed by atoms with Gasteiger partial charge in [0.25, 0.3) is 0 Å². The van der Waals surface area contributed by atoms with Gasteiger partial charge in [0.2, 0.25) is 0 Å². The molecule has 2 heterocycles. The first-order valence-corrected chi connectivity index (χ1v) is 23.9. The van der Waals surface area contributed by atoms with Crippen molar-refractivity contribution in [2.24, 2.45) is 0 Å². The van der Waals surface area contributed by atoms with E-state index in [0.717, 1.165) is 50.1 Å². The molecule has 10 aromatic rings. The number of phenolic OH excluding ortho intramolecular Hbond substituents is 1. The van der Waals surface area contributed by atoms with Crippen molar-refractivity contribution in [2.75, 3.05) is 0 Å². The van der Waals surface area contributed by atoms with Crippen LogP contribution in [0.15, 0.2) is 194 Å². The Morgan fingerprint density at radius 2 is 1.04 bits per heavy atom. The van der Waals surface area contributed by atoms with E-state index < -0.39 is 38.2 Å². The molecule has 0 aliphatic carbocycles. The Labute approximate surface area is 437 Å². The van der Waals surface area contributed by atoms with Crippen molar-refractivity contribution in [1.82, 2.24) is 14.5 Å². The van der Waals surface area contributed by atoms with Gasteiger partial charge in [-0.2, -0.15) is 0 Å². The normalized spacial score (nSPS) is 15.4. The highest BCUT2D eigenvalue weighted by atomic mass is 16.3. The van der Waals surface area contributed by atoms with E-state index >= 15 is 0 Å². The number of rotatable bonds is 8. The van der Waals surface area contributed by atoms with Crippen molar-refractivity contribution in [3.8, 4) is 89.7 Å². The number of hydrogen-bond acceptors (Lipinski definition) is 3. The van der Waals surface area contributed by atoms with E-state index in [-0.39, 0.29) is 22.3 Å². The van der Waals surface area contributed by atoms with Crippen LogP contribution in [0.5, 0.6) is 5.75 Å². The molecule has 0 unspecified atom stereocenters. The lowest BCUT2D eigenvalue weighted by Gasteiger charge is -2.23. The molecule has 1 N–H and O–H groups in total. The zero-order valence-electron chi connectivity index (χ0n) is 52.8. The second-order valence-corrected chi connectivity index (χ2v) is 20.4. The summed E-state index contributed by atoms with van der Waals surface area (Å²) in [5.74, 6) is 0.437. The molecule has 0 aliphatic rings. The van der Waals surface area contributed by atoms with Crippen molar-refractivity contribution < 1.29 is 21.6 Å². The molecule has 0 bridgehead atoms. The molecule has 0 radical (unpaired) electrons. The zero-order chi connectivity index (χ0) is 59.8. The summed E-state index contributed by atoms with van der Waals surface area (Å²) in [6.45, 7) is -0.252. The molecule has 0 amide bonds. The van der Waals surface area contributed by atoms with E-state index in [9.17, 15) is 5.11 Å². The number of benzene rings is 8. The number of aromatic hydroxyl groups is 1. The fraction of sp³-hybridized carbons (Fsp3) is 0.194. The van der Waals surface area contributed by atoms with Gasteiger partial charge in [-0.25, -0.2) is 4.98 Å². The fourth-order valence-corrected chi connectivity index (χ4v) is 9.51. The van der Waals surface area contributed by atoms with Gasteiger partial charge in [0.05, 0.1) is 28.0 Å². The lowest BCUT2D eigenvalue weighted by atomic mass is 9.85. The third-order valence-electron chi connectivity index (χ3n) is 13.4. The largest absolute Gasteiger partial charge is 0.507 e. The minimum atomic E-state index is -3.40. The van der Waals surface area contributed by atoms with E-state index in [1.165, 1.54) is 24.3 Å². The van der Waals surface area contributed by atoms with Crippen LogP contribution in [0.25, 0.3) is 95.0 Å². The summed E-state index contributed by atoms with van der Waals surface area (Å²) in [4.78, 5) is 10.4. The minimum Gasteiger partial charge on any atom is -0.507 e. The maximum atomic E-state index is 12.5. The Morgan fingerprint density at radius 3 is 1.70 bits per heavy atom. The topological polar surface area (TPSA) is 50.9 Å². The number of pyridine rings is 1. The summed E-state index contributed by atoms with van der Waals surface area (Å²) < 4.78 is 104. The molecule has 0 fully saturated rings. The summed E-state index contributed by atoms with van der Waals surface area (Å²) in [6, 6.07) is 58.5. The second kappa shape index (κ2) is 18.2. The van der Waals surface area contributed by atoms with Gasteiger partial charge in [0, 0.05) is 39.3 Å². The smallest absolute Gasteiger partial charge is 0.149 e. The number of para-hydroxylation sites is 2. The van der Waals surface area contributed by atoms with Gasteiger partial charge >= 0.3 is 0 Å². The van der Waals surface area contributed by atoms with Crippen molar-refractivity contribution >= 4 is 11.0 Å². The van der Waals surface area contributed by atoms with Gasteiger partial charge in [0.15, 0.2) is 0 Å². The number of phenols is 1. The fourth-order valence-electron chi connectivity index (χ4n) is 9.51. The highest BCUT2D eigenvalue weighted by molar-refractivity contribution is 5.99. The summed E-state index contributed by atoms with van der Waals surface area (Å²) in [6.07, 6.45) is 1.64. The molecule has 71 heavy (non-hydrogen) atoms. The molecule has 2 aromatic heterocycles. The summed E-state index contributed by atoms with van der Waals surface area (Å²) in [7, 11) is 0. The van der Waals surface area contributed by atoms with E-state index in [4.69, 9.17) is 26.4 Å². The third kappa shape index (κ3) is 9.23. The average Bonchev–Trinajstić information content (AvgIpc) is 2.78. The Kier molecular flexibility index (Phi) is 8.82. The second-order valence-electron chi connectivity index (χ2n) is 20.4. The maximum Gasteiger partial charge on any atom is 0.149 e. The van der Waals surface area contributed by atoms with Crippen LogP contribution >= 0.6 is 0 Å². The number of fused-ring (bicyclic) bond motifs is 1. The van der Waals surface area contributed by atoms with Crippen LogP contribution < -0.4 is 0 Å². The monoisotopic (exact) mass is 938 g/mol.